The highest BCUT2D eigenvalue weighted by atomic mass is 19.3. The lowest BCUT2D eigenvalue weighted by Crippen LogP contribution is -2.30. The maximum Gasteiger partial charge on any atom is 0.387 e. The van der Waals surface area contributed by atoms with Crippen LogP contribution in [-0.2, 0) is 4.79 Å². The van der Waals surface area contributed by atoms with Gasteiger partial charge in [0, 0.05) is 0 Å². The van der Waals surface area contributed by atoms with E-state index in [-0.39, 0.29) is 17.6 Å². The van der Waals surface area contributed by atoms with Gasteiger partial charge in [0.25, 0.3) is 0 Å². The van der Waals surface area contributed by atoms with Crippen LogP contribution in [0.1, 0.15) is 116 Å². The fourth-order valence-corrected chi connectivity index (χ4v) is 6.23. The molecular weight excluding hydrogens is 446 g/mol. The van der Waals surface area contributed by atoms with Crippen LogP contribution in [0.15, 0.2) is 24.3 Å². The highest BCUT2D eigenvalue weighted by molar-refractivity contribution is 5.75. The van der Waals surface area contributed by atoms with Crippen LogP contribution in [0.2, 0.25) is 0 Å². The summed E-state index contributed by atoms with van der Waals surface area (Å²) >= 11 is 0. The van der Waals surface area contributed by atoms with E-state index >= 15 is 0 Å². The monoisotopic (exact) mass is 492 g/mol. The minimum atomic E-state index is -2.86. The second-order valence-corrected chi connectivity index (χ2v) is 10.9. The van der Waals surface area contributed by atoms with Crippen molar-refractivity contribution in [2.45, 2.75) is 123 Å². The second kappa shape index (κ2) is 15.5. The Labute approximate surface area is 211 Å². The molecule has 0 radical (unpaired) electrons. The average Bonchev–Trinajstić information content (AvgIpc) is 2.87. The zero-order chi connectivity index (χ0) is 24.9. The average molecular weight is 493 g/mol. The molecule has 35 heavy (non-hydrogen) atoms. The van der Waals surface area contributed by atoms with E-state index in [1.165, 1.54) is 108 Å². The molecule has 198 valence electrons. The molecule has 0 N–H and O–H groups in total. The SMILES string of the molecule is CCCCCCCCCCC1CCC(C2CCC(C(=O)Oc3ccc(OC(F)F)cc3)CC2)CC1. The topological polar surface area (TPSA) is 35.5 Å². The molecule has 3 rings (SSSR count). The molecule has 1 aromatic carbocycles. The molecule has 0 unspecified atom stereocenters. The third-order valence-corrected chi connectivity index (χ3v) is 8.40. The smallest absolute Gasteiger partial charge is 0.387 e. The number of carbonyl (C=O) groups excluding carboxylic acids is 1. The Morgan fingerprint density at radius 2 is 1.29 bits per heavy atom. The summed E-state index contributed by atoms with van der Waals surface area (Å²) in [7, 11) is 0. The predicted octanol–water partition coefficient (Wildman–Crippen LogP) is 9.34. The van der Waals surface area contributed by atoms with Crippen LogP contribution in [0.5, 0.6) is 11.5 Å². The molecule has 5 heteroatoms. The van der Waals surface area contributed by atoms with E-state index in [4.69, 9.17) is 4.74 Å². The summed E-state index contributed by atoms with van der Waals surface area (Å²) in [6.45, 7) is -0.581. The molecule has 2 aliphatic carbocycles. The molecule has 0 heterocycles. The fraction of sp³-hybridized carbons (Fsp3) is 0.767. The Morgan fingerprint density at radius 3 is 1.86 bits per heavy atom. The zero-order valence-corrected chi connectivity index (χ0v) is 21.7. The van der Waals surface area contributed by atoms with Gasteiger partial charge in [-0.2, -0.15) is 8.78 Å². The van der Waals surface area contributed by atoms with E-state index in [9.17, 15) is 13.6 Å². The van der Waals surface area contributed by atoms with Gasteiger partial charge in [-0.15, -0.1) is 0 Å². The number of unbranched alkanes of at least 4 members (excludes halogenated alkanes) is 7. The maximum absolute atomic E-state index is 12.6. The summed E-state index contributed by atoms with van der Waals surface area (Å²) in [4.78, 5) is 12.6. The summed E-state index contributed by atoms with van der Waals surface area (Å²) in [6, 6.07) is 5.81. The van der Waals surface area contributed by atoms with Crippen LogP contribution in [0.25, 0.3) is 0 Å². The molecule has 0 spiro atoms. The Bertz CT molecular complexity index is 705. The van der Waals surface area contributed by atoms with Crippen LogP contribution in [-0.4, -0.2) is 12.6 Å². The molecule has 0 bridgehead atoms. The first kappa shape index (κ1) is 27.9. The van der Waals surface area contributed by atoms with Crippen molar-refractivity contribution in [3.05, 3.63) is 24.3 Å². The number of halogens is 2. The van der Waals surface area contributed by atoms with E-state index < -0.39 is 6.61 Å². The summed E-state index contributed by atoms with van der Waals surface area (Å²) in [6.07, 6.45) is 22.2. The molecular formula is C30H46F2O3. The van der Waals surface area contributed by atoms with E-state index in [0.717, 1.165) is 43.4 Å². The highest BCUT2D eigenvalue weighted by Crippen LogP contribution is 2.42. The number of esters is 1. The van der Waals surface area contributed by atoms with E-state index in [2.05, 4.69) is 11.7 Å². The maximum atomic E-state index is 12.6. The van der Waals surface area contributed by atoms with Crippen molar-refractivity contribution in [2.75, 3.05) is 0 Å². The van der Waals surface area contributed by atoms with Gasteiger partial charge in [-0.05, 0) is 80.5 Å². The van der Waals surface area contributed by atoms with Crippen molar-refractivity contribution in [2.24, 2.45) is 23.7 Å². The Balaban J connectivity index is 1.27. The van der Waals surface area contributed by atoms with Gasteiger partial charge in [-0.25, -0.2) is 0 Å². The molecule has 0 aromatic heterocycles. The van der Waals surface area contributed by atoms with Crippen LogP contribution >= 0.6 is 0 Å². The quantitative estimate of drug-likeness (QED) is 0.147. The summed E-state index contributed by atoms with van der Waals surface area (Å²) < 4.78 is 34.4. The Kier molecular flexibility index (Phi) is 12.3. The van der Waals surface area contributed by atoms with Gasteiger partial charge in [0.15, 0.2) is 0 Å². The van der Waals surface area contributed by atoms with Crippen LogP contribution < -0.4 is 9.47 Å². The number of carbonyl (C=O) groups is 1. The van der Waals surface area contributed by atoms with Crippen LogP contribution in [0.3, 0.4) is 0 Å². The molecule has 2 fully saturated rings. The van der Waals surface area contributed by atoms with Crippen LogP contribution in [0, 0.1) is 23.7 Å². The van der Waals surface area contributed by atoms with Crippen molar-refractivity contribution < 1.29 is 23.0 Å². The molecule has 1 aromatic rings. The first-order valence-corrected chi connectivity index (χ1v) is 14.3. The van der Waals surface area contributed by atoms with Crippen LogP contribution in [0.4, 0.5) is 8.78 Å². The highest BCUT2D eigenvalue weighted by Gasteiger charge is 2.33. The first-order chi connectivity index (χ1) is 17.0. The zero-order valence-electron chi connectivity index (χ0n) is 21.7. The third-order valence-electron chi connectivity index (χ3n) is 8.40. The fourth-order valence-electron chi connectivity index (χ4n) is 6.23. The summed E-state index contributed by atoms with van der Waals surface area (Å²) in [5.74, 6) is 2.73. The minimum absolute atomic E-state index is 0.0541. The number of ether oxygens (including phenoxy) is 2. The van der Waals surface area contributed by atoms with E-state index in [0.29, 0.717) is 5.75 Å². The molecule has 0 amide bonds. The number of alkyl halides is 2. The normalized spacial score (nSPS) is 24.9. The Morgan fingerprint density at radius 1 is 0.771 bits per heavy atom. The van der Waals surface area contributed by atoms with Gasteiger partial charge in [0.1, 0.15) is 11.5 Å². The molecule has 0 aliphatic heterocycles. The van der Waals surface area contributed by atoms with Gasteiger partial charge < -0.3 is 9.47 Å². The number of rotatable bonds is 14. The lowest BCUT2D eigenvalue weighted by molar-refractivity contribution is -0.140. The van der Waals surface area contributed by atoms with Gasteiger partial charge in [-0.1, -0.05) is 77.6 Å². The number of hydrogen-bond donors (Lipinski definition) is 0. The molecule has 0 saturated heterocycles. The predicted molar refractivity (Wildman–Crippen MR) is 137 cm³/mol. The summed E-state index contributed by atoms with van der Waals surface area (Å²) in [5, 5.41) is 0. The van der Waals surface area contributed by atoms with Crippen molar-refractivity contribution in [3.8, 4) is 11.5 Å². The largest absolute Gasteiger partial charge is 0.435 e. The van der Waals surface area contributed by atoms with Crippen molar-refractivity contribution in [1.82, 2.24) is 0 Å². The lowest BCUT2D eigenvalue weighted by Gasteiger charge is -2.37. The molecule has 0 atom stereocenters. The first-order valence-electron chi connectivity index (χ1n) is 14.3. The summed E-state index contributed by atoms with van der Waals surface area (Å²) in [5.41, 5.74) is 0. The van der Waals surface area contributed by atoms with Gasteiger partial charge in [-0.3, -0.25) is 4.79 Å². The van der Waals surface area contributed by atoms with Crippen molar-refractivity contribution in [1.29, 1.82) is 0 Å². The standard InChI is InChI=1S/C30H46F2O3/c1-2-3-4-5-6-7-8-9-10-23-11-13-24(14-12-23)25-15-17-26(18-16-25)29(33)34-27-19-21-28(22-20-27)35-30(31)32/h19-26,30H,2-18H2,1H3. The Hall–Kier alpha value is -1.65. The van der Waals surface area contributed by atoms with Crippen molar-refractivity contribution in [3.63, 3.8) is 0 Å². The van der Waals surface area contributed by atoms with Gasteiger partial charge >= 0.3 is 12.6 Å². The number of hydrogen-bond acceptors (Lipinski definition) is 3. The lowest BCUT2D eigenvalue weighted by atomic mass is 9.68. The third kappa shape index (κ3) is 10.1. The van der Waals surface area contributed by atoms with Gasteiger partial charge in [0.05, 0.1) is 5.92 Å². The molecule has 2 saturated carbocycles. The van der Waals surface area contributed by atoms with E-state index in [1.807, 2.05) is 0 Å². The number of benzene rings is 1. The van der Waals surface area contributed by atoms with Crippen molar-refractivity contribution >= 4 is 5.97 Å². The minimum Gasteiger partial charge on any atom is -0.435 e. The van der Waals surface area contributed by atoms with E-state index in [1.54, 1.807) is 0 Å². The molecule has 2 aliphatic rings. The van der Waals surface area contributed by atoms with Gasteiger partial charge in [0.2, 0.25) is 0 Å². The second-order valence-electron chi connectivity index (χ2n) is 10.9. The molecule has 3 nitrogen and oxygen atoms in total.